The van der Waals surface area contributed by atoms with E-state index < -0.39 is 0 Å². The zero-order valence-corrected chi connectivity index (χ0v) is 19.3. The fourth-order valence-corrected chi connectivity index (χ4v) is 4.30. The molecule has 0 aliphatic heterocycles. The van der Waals surface area contributed by atoms with Crippen molar-refractivity contribution in [2.24, 2.45) is 0 Å². The van der Waals surface area contributed by atoms with Gasteiger partial charge in [-0.1, -0.05) is 62.4 Å². The Balaban J connectivity index is 1.44. The third-order valence-electron chi connectivity index (χ3n) is 5.96. The SMILES string of the molecule is CCCn1c2ccccc2c2cnn(CC(=O)NCCN(CC)Cc3ccccc3)c(=O)c21. The number of likely N-dealkylation sites (N-methyl/N-ethyl adjacent to an activating group) is 1. The zero-order chi connectivity index (χ0) is 23.2. The number of para-hydroxylation sites is 1. The lowest BCUT2D eigenvalue weighted by atomic mass is 10.2. The third-order valence-corrected chi connectivity index (χ3v) is 5.96. The smallest absolute Gasteiger partial charge is 0.291 e. The van der Waals surface area contributed by atoms with Gasteiger partial charge in [0.05, 0.1) is 6.20 Å². The summed E-state index contributed by atoms with van der Waals surface area (Å²) in [4.78, 5) is 28.1. The quantitative estimate of drug-likeness (QED) is 0.406. The van der Waals surface area contributed by atoms with Crippen LogP contribution in [0.25, 0.3) is 21.8 Å². The highest BCUT2D eigenvalue weighted by Gasteiger charge is 2.16. The predicted molar refractivity (Wildman–Crippen MR) is 132 cm³/mol. The van der Waals surface area contributed by atoms with E-state index in [1.807, 2.05) is 47.0 Å². The van der Waals surface area contributed by atoms with Gasteiger partial charge in [0.25, 0.3) is 5.56 Å². The fourth-order valence-electron chi connectivity index (χ4n) is 4.30. The number of carbonyl (C=O) groups excluding carboxylic acids is 1. The minimum atomic E-state index is -0.230. The number of carbonyl (C=O) groups is 1. The van der Waals surface area contributed by atoms with Gasteiger partial charge in [-0.2, -0.15) is 5.10 Å². The van der Waals surface area contributed by atoms with E-state index in [-0.39, 0.29) is 18.0 Å². The molecule has 2 heterocycles. The second-order valence-corrected chi connectivity index (χ2v) is 8.24. The van der Waals surface area contributed by atoms with Gasteiger partial charge in [-0.25, -0.2) is 4.68 Å². The van der Waals surface area contributed by atoms with Crippen LogP contribution in [0.1, 0.15) is 25.8 Å². The van der Waals surface area contributed by atoms with Gasteiger partial charge in [-0.05, 0) is 24.6 Å². The molecule has 1 N–H and O–H groups in total. The number of hydrogen-bond donors (Lipinski definition) is 1. The molecule has 4 aromatic rings. The molecule has 0 aliphatic carbocycles. The maximum Gasteiger partial charge on any atom is 0.291 e. The Kier molecular flexibility index (Phi) is 7.19. The highest BCUT2D eigenvalue weighted by atomic mass is 16.2. The van der Waals surface area contributed by atoms with Crippen molar-refractivity contribution in [3.05, 3.63) is 76.7 Å². The molecule has 0 bridgehead atoms. The van der Waals surface area contributed by atoms with Crippen LogP contribution in [-0.2, 0) is 24.4 Å². The first-order valence-corrected chi connectivity index (χ1v) is 11.6. The lowest BCUT2D eigenvalue weighted by molar-refractivity contribution is -0.121. The van der Waals surface area contributed by atoms with Gasteiger partial charge in [0.2, 0.25) is 5.91 Å². The maximum atomic E-state index is 13.3. The van der Waals surface area contributed by atoms with Crippen molar-refractivity contribution in [2.45, 2.75) is 39.9 Å². The van der Waals surface area contributed by atoms with Crippen LogP contribution in [0, 0.1) is 0 Å². The maximum absolute atomic E-state index is 13.3. The van der Waals surface area contributed by atoms with Crippen LogP contribution in [0.4, 0.5) is 0 Å². The summed E-state index contributed by atoms with van der Waals surface area (Å²) in [5.41, 5.74) is 2.65. The molecule has 0 aliphatic rings. The molecule has 2 aromatic carbocycles. The molecule has 2 aromatic heterocycles. The number of aryl methyl sites for hydroxylation is 1. The number of amides is 1. The molecular weight excluding hydrogens is 414 g/mol. The summed E-state index contributed by atoms with van der Waals surface area (Å²) in [7, 11) is 0. The number of fused-ring (bicyclic) bond motifs is 3. The molecule has 0 saturated carbocycles. The molecule has 0 unspecified atom stereocenters. The second-order valence-electron chi connectivity index (χ2n) is 8.24. The van der Waals surface area contributed by atoms with Gasteiger partial charge in [0.1, 0.15) is 12.1 Å². The number of aromatic nitrogens is 3. The van der Waals surface area contributed by atoms with Crippen LogP contribution in [0.3, 0.4) is 0 Å². The molecule has 0 radical (unpaired) electrons. The van der Waals surface area contributed by atoms with Crippen LogP contribution in [-0.4, -0.2) is 44.8 Å². The van der Waals surface area contributed by atoms with Crippen molar-refractivity contribution >= 4 is 27.7 Å². The van der Waals surface area contributed by atoms with Crippen LogP contribution in [0.15, 0.2) is 65.6 Å². The molecule has 4 rings (SSSR count). The van der Waals surface area contributed by atoms with Crippen molar-refractivity contribution in [1.29, 1.82) is 0 Å². The van der Waals surface area contributed by atoms with Gasteiger partial charge >= 0.3 is 0 Å². The summed E-state index contributed by atoms with van der Waals surface area (Å²) in [6.45, 7) is 7.84. The van der Waals surface area contributed by atoms with Crippen LogP contribution < -0.4 is 10.9 Å². The number of nitrogens with one attached hydrogen (secondary N) is 1. The first kappa shape index (κ1) is 22.7. The lowest BCUT2D eigenvalue weighted by Gasteiger charge is -2.20. The van der Waals surface area contributed by atoms with E-state index in [1.54, 1.807) is 6.20 Å². The van der Waals surface area contributed by atoms with E-state index in [4.69, 9.17) is 0 Å². The Morgan fingerprint density at radius 3 is 2.55 bits per heavy atom. The van der Waals surface area contributed by atoms with Crippen molar-refractivity contribution in [3.63, 3.8) is 0 Å². The van der Waals surface area contributed by atoms with Gasteiger partial charge in [0, 0.05) is 42.5 Å². The highest BCUT2D eigenvalue weighted by Crippen LogP contribution is 2.26. The number of rotatable bonds is 10. The first-order chi connectivity index (χ1) is 16.1. The predicted octanol–water partition coefficient (Wildman–Crippen LogP) is 3.40. The minimum absolute atomic E-state index is 0.0900. The van der Waals surface area contributed by atoms with Crippen LogP contribution in [0.5, 0.6) is 0 Å². The topological polar surface area (TPSA) is 72.2 Å². The van der Waals surface area contributed by atoms with Crippen molar-refractivity contribution in [3.8, 4) is 0 Å². The number of hydrogen-bond acceptors (Lipinski definition) is 4. The Morgan fingerprint density at radius 2 is 1.79 bits per heavy atom. The van der Waals surface area contributed by atoms with Gasteiger partial charge in [-0.15, -0.1) is 0 Å². The largest absolute Gasteiger partial charge is 0.353 e. The van der Waals surface area contributed by atoms with Crippen molar-refractivity contribution in [2.75, 3.05) is 19.6 Å². The summed E-state index contributed by atoms with van der Waals surface area (Å²) in [5.74, 6) is -0.210. The molecule has 0 atom stereocenters. The van der Waals surface area contributed by atoms with Crippen LogP contribution >= 0.6 is 0 Å². The highest BCUT2D eigenvalue weighted by molar-refractivity contribution is 6.07. The minimum Gasteiger partial charge on any atom is -0.353 e. The average Bonchev–Trinajstić information content (AvgIpc) is 3.15. The molecule has 0 spiro atoms. The monoisotopic (exact) mass is 445 g/mol. The van der Waals surface area contributed by atoms with Gasteiger partial charge in [0.15, 0.2) is 0 Å². The van der Waals surface area contributed by atoms with Crippen molar-refractivity contribution < 1.29 is 4.79 Å². The molecule has 1 amide bonds. The van der Waals surface area contributed by atoms with E-state index in [2.05, 4.69) is 41.3 Å². The van der Waals surface area contributed by atoms with E-state index in [0.717, 1.165) is 48.9 Å². The van der Waals surface area contributed by atoms with E-state index in [1.165, 1.54) is 10.2 Å². The Labute approximate surface area is 193 Å². The Hall–Kier alpha value is -3.45. The Morgan fingerprint density at radius 1 is 1.03 bits per heavy atom. The molecule has 0 saturated heterocycles. The molecule has 7 heteroatoms. The van der Waals surface area contributed by atoms with Gasteiger partial charge in [-0.3, -0.25) is 14.5 Å². The first-order valence-electron chi connectivity index (χ1n) is 11.6. The normalized spacial score (nSPS) is 11.5. The molecule has 172 valence electrons. The van der Waals surface area contributed by atoms with Gasteiger partial charge < -0.3 is 9.88 Å². The average molecular weight is 446 g/mol. The number of benzene rings is 2. The second kappa shape index (κ2) is 10.4. The summed E-state index contributed by atoms with van der Waals surface area (Å²) in [6.07, 6.45) is 2.62. The summed E-state index contributed by atoms with van der Waals surface area (Å²) >= 11 is 0. The standard InChI is InChI=1S/C26H31N5O2/c1-3-15-30-23-13-9-8-12-21(23)22-17-28-31(26(33)25(22)30)19-24(32)27-14-16-29(4-2)18-20-10-6-5-7-11-20/h5-13,17H,3-4,14-16,18-19H2,1-2H3,(H,27,32). The van der Waals surface area contributed by atoms with E-state index in [9.17, 15) is 9.59 Å². The summed E-state index contributed by atoms with van der Waals surface area (Å²) < 4.78 is 3.32. The van der Waals surface area contributed by atoms with E-state index >= 15 is 0 Å². The van der Waals surface area contributed by atoms with Crippen molar-refractivity contribution in [1.82, 2.24) is 24.6 Å². The molecule has 0 fully saturated rings. The summed E-state index contributed by atoms with van der Waals surface area (Å²) in [5, 5.41) is 9.09. The zero-order valence-electron chi connectivity index (χ0n) is 19.3. The molecule has 7 nitrogen and oxygen atoms in total. The fraction of sp³-hybridized carbons (Fsp3) is 0.346. The Bertz CT molecular complexity index is 1290. The lowest BCUT2D eigenvalue weighted by Crippen LogP contribution is -2.38. The number of nitrogens with zero attached hydrogens (tertiary/aromatic N) is 4. The van der Waals surface area contributed by atoms with E-state index in [0.29, 0.717) is 12.1 Å². The summed E-state index contributed by atoms with van der Waals surface area (Å²) in [6, 6.07) is 18.3. The molecular formula is C26H31N5O2. The third kappa shape index (κ3) is 4.98. The van der Waals surface area contributed by atoms with Crippen LogP contribution in [0.2, 0.25) is 0 Å². The molecule has 33 heavy (non-hydrogen) atoms.